The smallest absolute Gasteiger partial charge is 0.0763 e. The molecule has 5 aliphatic heterocycles. The largest absolute Gasteiger partial charge is 0.313 e. The molecule has 8 aliphatic rings. The van der Waals surface area contributed by atoms with Crippen molar-refractivity contribution in [3.63, 3.8) is 0 Å². The summed E-state index contributed by atoms with van der Waals surface area (Å²) in [5, 5.41) is 8.51. The van der Waals surface area contributed by atoms with Crippen molar-refractivity contribution in [3.8, 4) is 0 Å². The third-order valence-corrected chi connectivity index (χ3v) is 14.4. The Morgan fingerprint density at radius 2 is 1.21 bits per heavy atom. The lowest BCUT2D eigenvalue weighted by molar-refractivity contribution is -0.123. The molecule has 42 heavy (non-hydrogen) atoms. The first-order valence-corrected chi connectivity index (χ1v) is 18.0. The molecule has 0 amide bonds. The predicted molar refractivity (Wildman–Crippen MR) is 168 cm³/mol. The number of piperazine rings is 1. The van der Waals surface area contributed by atoms with Crippen molar-refractivity contribution in [3.05, 3.63) is 71.8 Å². The van der Waals surface area contributed by atoms with Crippen LogP contribution in [0, 0.1) is 29.6 Å². The van der Waals surface area contributed by atoms with E-state index >= 15 is 0 Å². The zero-order valence-electron chi connectivity index (χ0n) is 25.2. The molecule has 3 saturated carbocycles. The van der Waals surface area contributed by atoms with Gasteiger partial charge >= 0.3 is 0 Å². The molecule has 0 radical (unpaired) electrons. The third kappa shape index (κ3) is 3.56. The van der Waals surface area contributed by atoms with E-state index in [1.807, 2.05) is 0 Å². The first-order chi connectivity index (χ1) is 20.9. The van der Waals surface area contributed by atoms with Crippen molar-refractivity contribution in [2.75, 3.05) is 13.1 Å². The van der Waals surface area contributed by atoms with E-state index in [4.69, 9.17) is 0 Å². The van der Waals surface area contributed by atoms with Crippen LogP contribution in [0.4, 0.5) is 0 Å². The van der Waals surface area contributed by atoms with Crippen LogP contribution >= 0.6 is 0 Å². The van der Waals surface area contributed by atoms with Crippen LogP contribution in [0.1, 0.15) is 87.2 Å². The quantitative estimate of drug-likeness (QED) is 0.473. The van der Waals surface area contributed by atoms with Gasteiger partial charge in [0.1, 0.15) is 0 Å². The average molecular weight is 563 g/mol. The molecule has 3 aliphatic carbocycles. The molecule has 0 bridgehead atoms. The summed E-state index contributed by atoms with van der Waals surface area (Å²) in [7, 11) is 0. The number of benzene rings is 2. The van der Waals surface area contributed by atoms with Gasteiger partial charge in [0.15, 0.2) is 0 Å². The monoisotopic (exact) mass is 562 g/mol. The topological polar surface area (TPSA) is 30.5 Å². The highest BCUT2D eigenvalue weighted by molar-refractivity contribution is 5.29. The molecule has 2 aromatic carbocycles. The van der Waals surface area contributed by atoms with E-state index in [-0.39, 0.29) is 0 Å². The minimum absolute atomic E-state index is 0.579. The summed E-state index contributed by atoms with van der Waals surface area (Å²) >= 11 is 0. The van der Waals surface area contributed by atoms with Gasteiger partial charge in [0.05, 0.1) is 6.17 Å². The summed E-state index contributed by atoms with van der Waals surface area (Å²) < 4.78 is 0. The zero-order valence-corrected chi connectivity index (χ0v) is 25.2. The number of nitrogens with zero attached hydrogens (tertiary/aromatic N) is 2. The number of rotatable bonds is 2. The first-order valence-electron chi connectivity index (χ1n) is 18.0. The predicted octanol–water partition coefficient (Wildman–Crippen LogP) is 5.97. The van der Waals surface area contributed by atoms with Crippen molar-refractivity contribution < 1.29 is 0 Å². The second kappa shape index (κ2) is 9.89. The molecule has 4 heteroatoms. The Labute approximate surface area is 253 Å². The molecule has 14 unspecified atom stereocenters. The van der Waals surface area contributed by atoms with Crippen LogP contribution < -0.4 is 10.6 Å². The van der Waals surface area contributed by atoms with Gasteiger partial charge in [0.2, 0.25) is 0 Å². The van der Waals surface area contributed by atoms with Crippen molar-refractivity contribution in [2.24, 2.45) is 29.6 Å². The molecule has 0 spiro atoms. The highest BCUT2D eigenvalue weighted by Crippen LogP contribution is 2.65. The molecular formula is C38H50N4. The van der Waals surface area contributed by atoms with E-state index in [9.17, 15) is 0 Å². The Morgan fingerprint density at radius 1 is 0.524 bits per heavy atom. The zero-order chi connectivity index (χ0) is 27.4. The Balaban J connectivity index is 1.07. The standard InChI is InChI=1S/C38H50N4/c1-3-9-23(10-4-1)25-16-18-30-29(21-25)33-28-13-7-19-39-35(28)34-27-17-15-26(24-11-5-2-6-12-24)22-32(27)41-31-14-8-20-40-38(31)42(30)36(33)37(34)41/h1-6,9-12,25-40H,7-8,13-22H2. The maximum atomic E-state index is 4.29. The molecule has 4 nitrogen and oxygen atoms in total. The van der Waals surface area contributed by atoms with Crippen molar-refractivity contribution in [1.29, 1.82) is 0 Å². The van der Waals surface area contributed by atoms with Crippen LogP contribution in [0.25, 0.3) is 0 Å². The van der Waals surface area contributed by atoms with E-state index in [1.54, 1.807) is 11.1 Å². The summed E-state index contributed by atoms with van der Waals surface area (Å²) in [6, 6.07) is 27.8. The summed E-state index contributed by atoms with van der Waals surface area (Å²) in [5.41, 5.74) is 3.22. The van der Waals surface area contributed by atoms with Crippen molar-refractivity contribution in [1.82, 2.24) is 20.4 Å². The molecule has 0 aromatic heterocycles. The van der Waals surface area contributed by atoms with Gasteiger partial charge in [-0.3, -0.25) is 9.80 Å². The molecule has 5 saturated heterocycles. The van der Waals surface area contributed by atoms with Crippen LogP contribution in [0.15, 0.2) is 60.7 Å². The Bertz CT molecular complexity index is 1180. The fourth-order valence-electron chi connectivity index (χ4n) is 13.3. The lowest BCUT2D eigenvalue weighted by Gasteiger charge is -2.61. The van der Waals surface area contributed by atoms with Crippen LogP contribution in [0.3, 0.4) is 0 Å². The van der Waals surface area contributed by atoms with Gasteiger partial charge in [-0.2, -0.15) is 0 Å². The minimum atomic E-state index is 0.579. The molecular weight excluding hydrogens is 512 g/mol. The summed E-state index contributed by atoms with van der Waals surface area (Å²) in [5.74, 6) is 5.86. The normalized spacial score (nSPS) is 49.3. The van der Waals surface area contributed by atoms with Crippen LogP contribution in [0.5, 0.6) is 0 Å². The summed E-state index contributed by atoms with van der Waals surface area (Å²) in [6.45, 7) is 2.47. The first kappa shape index (κ1) is 25.6. The van der Waals surface area contributed by atoms with E-state index in [0.29, 0.717) is 12.2 Å². The lowest BCUT2D eigenvalue weighted by Crippen LogP contribution is -2.76. The molecule has 2 N–H and O–H groups in total. The number of fused-ring (bicyclic) bond motifs is 12. The molecule has 5 heterocycles. The maximum Gasteiger partial charge on any atom is 0.0763 e. The Kier molecular flexibility index (Phi) is 6.03. The average Bonchev–Trinajstić information content (AvgIpc) is 3.59. The second-order valence-electron chi connectivity index (χ2n) is 15.7. The molecule has 2 aromatic rings. The fourth-order valence-corrected chi connectivity index (χ4v) is 13.3. The van der Waals surface area contributed by atoms with Gasteiger partial charge in [-0.15, -0.1) is 0 Å². The van der Waals surface area contributed by atoms with Gasteiger partial charge in [-0.05, 0) is 130 Å². The maximum absolute atomic E-state index is 4.29. The number of hydrogen-bond donors (Lipinski definition) is 2. The highest BCUT2D eigenvalue weighted by Gasteiger charge is 2.72. The second-order valence-corrected chi connectivity index (χ2v) is 15.7. The van der Waals surface area contributed by atoms with Crippen molar-refractivity contribution in [2.45, 2.75) is 118 Å². The van der Waals surface area contributed by atoms with Gasteiger partial charge in [0, 0.05) is 36.3 Å². The summed E-state index contributed by atoms with van der Waals surface area (Å²) in [6.07, 6.45) is 14.6. The van der Waals surface area contributed by atoms with Gasteiger partial charge in [0.25, 0.3) is 0 Å². The van der Waals surface area contributed by atoms with Gasteiger partial charge < -0.3 is 10.6 Å². The number of hydrogen-bond acceptors (Lipinski definition) is 4. The molecule has 10 rings (SSSR count). The molecule has 14 atom stereocenters. The van der Waals surface area contributed by atoms with Gasteiger partial charge in [-0.25, -0.2) is 0 Å². The number of nitrogens with one attached hydrogen (secondary N) is 2. The van der Waals surface area contributed by atoms with E-state index in [0.717, 1.165) is 71.6 Å². The Hall–Kier alpha value is -1.72. The lowest BCUT2D eigenvalue weighted by atomic mass is 9.56. The highest BCUT2D eigenvalue weighted by atomic mass is 15.5. The van der Waals surface area contributed by atoms with Crippen molar-refractivity contribution >= 4 is 0 Å². The molecule has 8 fully saturated rings. The van der Waals surface area contributed by atoms with Crippen LogP contribution in [0.2, 0.25) is 0 Å². The van der Waals surface area contributed by atoms with E-state index in [1.165, 1.54) is 77.3 Å². The number of piperidine rings is 2. The summed E-state index contributed by atoms with van der Waals surface area (Å²) in [4.78, 5) is 6.50. The van der Waals surface area contributed by atoms with Crippen LogP contribution in [-0.4, -0.2) is 65.3 Å². The van der Waals surface area contributed by atoms with Gasteiger partial charge in [-0.1, -0.05) is 60.7 Å². The van der Waals surface area contributed by atoms with E-state index in [2.05, 4.69) is 81.1 Å². The SMILES string of the molecule is c1ccc(C2CCC3C(C2)C2C4CCCNC4C4C5CCC(c6ccccc6)CC5N5C6CCCNC6N3C2C45)cc1. The Morgan fingerprint density at radius 3 is 2.02 bits per heavy atom. The minimum Gasteiger partial charge on any atom is -0.313 e. The van der Waals surface area contributed by atoms with Crippen LogP contribution in [-0.2, 0) is 0 Å². The fraction of sp³-hybridized carbons (Fsp3) is 0.684. The third-order valence-electron chi connectivity index (χ3n) is 14.4. The molecule has 222 valence electrons. The van der Waals surface area contributed by atoms with E-state index < -0.39 is 0 Å².